The largest absolute Gasteiger partial charge is 0.0728 e. The van der Waals surface area contributed by atoms with Gasteiger partial charge in [0, 0.05) is 33.5 Å². The smallest absolute Gasteiger partial charge is 0.0405 e. The molecule has 0 saturated carbocycles. The van der Waals surface area contributed by atoms with Crippen LogP contribution in [-0.4, -0.2) is 0 Å². The highest BCUT2D eigenvalue weighted by Gasteiger charge is 2.75. The number of aryl methyl sites for hydroxylation is 4. The Morgan fingerprint density at radius 3 is 1.70 bits per heavy atom. The monoisotopic (exact) mass is 868 g/mol. The summed E-state index contributed by atoms with van der Waals surface area (Å²) in [5.41, 5.74) is 45.9. The summed E-state index contributed by atoms with van der Waals surface area (Å²) in [7, 11) is 0. The first-order valence-electron chi connectivity index (χ1n) is 26.7. The second-order valence-corrected chi connectivity index (χ2v) is 25.7. The van der Waals surface area contributed by atoms with Crippen molar-refractivity contribution in [1.29, 1.82) is 0 Å². The van der Waals surface area contributed by atoms with Crippen molar-refractivity contribution in [3.05, 3.63) is 199 Å². The molecule has 0 heterocycles. The lowest BCUT2D eigenvalue weighted by molar-refractivity contribution is 0.288. The summed E-state index contributed by atoms with van der Waals surface area (Å²) in [5.74, 6) is 0.855. The first-order chi connectivity index (χ1) is 33.8. The van der Waals surface area contributed by atoms with Crippen LogP contribution >= 0.6 is 0 Å². The van der Waals surface area contributed by atoms with E-state index < -0.39 is 0 Å². The topological polar surface area (TPSA) is 0 Å². The van der Waals surface area contributed by atoms with Crippen molar-refractivity contribution in [3.8, 4) is 22.3 Å². The Morgan fingerprint density at radius 1 is 0.449 bits per heavy atom. The highest BCUT2D eigenvalue weighted by Crippen LogP contribution is 2.82. The van der Waals surface area contributed by atoms with Gasteiger partial charge in [-0.3, -0.25) is 0 Å². The van der Waals surface area contributed by atoms with Gasteiger partial charge in [0.2, 0.25) is 0 Å². The molecule has 0 nitrogen and oxygen atoms in total. The molecule has 4 spiro atoms. The molecule has 16 aliphatic carbocycles. The van der Waals surface area contributed by atoms with E-state index in [9.17, 15) is 0 Å². The molecule has 0 saturated heterocycles. The molecule has 16 aliphatic rings. The molecule has 0 bridgehead atoms. The van der Waals surface area contributed by atoms with Gasteiger partial charge in [0.05, 0.1) is 0 Å². The SMILES string of the molecule is Cc1cc2c(cc1C)CC13C4=c5ccc6c7c8c9c(c1c57)-c1c5c7c%10c%11c%12c%13c(cc%14c%15c(c-9c1c%10c%13%15)C19Cc%10cc(C)c(C)cc%10CC81C=6C=CC=%149)CC%12=CC1C=C6CCC(=C4)C(=C6C=7C%111)C53C2. The van der Waals surface area contributed by atoms with Crippen LogP contribution in [0.3, 0.4) is 0 Å². The predicted molar refractivity (Wildman–Crippen MR) is 277 cm³/mol. The number of benzene rings is 8. The maximum absolute atomic E-state index is 2.89. The molecule has 69 heavy (non-hydrogen) atoms. The van der Waals surface area contributed by atoms with Crippen molar-refractivity contribution in [3.63, 3.8) is 0 Å². The Kier molecular flexibility index (Phi) is 3.93. The average molecular weight is 869 g/mol. The Labute approximate surface area is 396 Å². The quantitative estimate of drug-likeness (QED) is 0.133. The van der Waals surface area contributed by atoms with Gasteiger partial charge in [-0.05, 0) is 299 Å². The third-order valence-electron chi connectivity index (χ3n) is 24.3. The first kappa shape index (κ1) is 32.1. The van der Waals surface area contributed by atoms with Gasteiger partial charge in [-0.2, -0.15) is 0 Å². The van der Waals surface area contributed by atoms with E-state index in [4.69, 9.17) is 0 Å². The Hall–Kier alpha value is -6.76. The molecule has 8 aromatic carbocycles. The molecule has 0 fully saturated rings. The summed E-state index contributed by atoms with van der Waals surface area (Å²) in [6, 6.07) is 18.8. The van der Waals surface area contributed by atoms with Crippen molar-refractivity contribution >= 4 is 71.0 Å². The molecule has 316 valence electrons. The zero-order valence-electron chi connectivity index (χ0n) is 39.0. The van der Waals surface area contributed by atoms with E-state index in [1.807, 2.05) is 5.56 Å². The third-order valence-corrected chi connectivity index (χ3v) is 24.3. The summed E-state index contributed by atoms with van der Waals surface area (Å²) < 4.78 is 0. The van der Waals surface area contributed by atoms with E-state index in [0.29, 0.717) is 11.8 Å². The normalized spacial score (nSPS) is 31.6. The molecule has 6 atom stereocenters. The van der Waals surface area contributed by atoms with Gasteiger partial charge in [-0.25, -0.2) is 0 Å². The minimum Gasteiger partial charge on any atom is -0.0728 e. The van der Waals surface area contributed by atoms with E-state index >= 15 is 0 Å². The van der Waals surface area contributed by atoms with Crippen LogP contribution in [0.1, 0.15) is 102 Å². The van der Waals surface area contributed by atoms with Crippen LogP contribution in [0.5, 0.6) is 0 Å². The van der Waals surface area contributed by atoms with Crippen LogP contribution in [0.15, 0.2) is 95.1 Å². The molecular formula is C69H40. The van der Waals surface area contributed by atoms with Crippen LogP contribution in [-0.2, 0) is 53.8 Å². The molecule has 0 aromatic heterocycles. The summed E-state index contributed by atoms with van der Waals surface area (Å²) in [6.45, 7) is 9.53. The number of hydrogen-bond acceptors (Lipinski definition) is 0. The van der Waals surface area contributed by atoms with Gasteiger partial charge in [0.25, 0.3) is 0 Å². The molecular weight excluding hydrogens is 829 g/mol. The van der Waals surface area contributed by atoms with Crippen molar-refractivity contribution in [2.75, 3.05) is 0 Å². The van der Waals surface area contributed by atoms with Crippen LogP contribution in [0, 0.1) is 33.6 Å². The van der Waals surface area contributed by atoms with Crippen LogP contribution in [0.25, 0.3) is 93.2 Å². The highest BCUT2D eigenvalue weighted by atomic mass is 14.8. The molecule has 0 amide bonds. The van der Waals surface area contributed by atoms with Gasteiger partial charge in [0.1, 0.15) is 0 Å². The molecule has 0 heteroatoms. The molecule has 0 N–H and O–H groups in total. The van der Waals surface area contributed by atoms with Gasteiger partial charge >= 0.3 is 0 Å². The summed E-state index contributed by atoms with van der Waals surface area (Å²) in [4.78, 5) is 0. The second-order valence-electron chi connectivity index (χ2n) is 25.7. The van der Waals surface area contributed by atoms with Crippen molar-refractivity contribution in [1.82, 2.24) is 0 Å². The minimum atomic E-state index is -0.179. The third kappa shape index (κ3) is 2.35. The highest BCUT2D eigenvalue weighted by molar-refractivity contribution is 6.42. The van der Waals surface area contributed by atoms with E-state index in [2.05, 4.69) is 101 Å². The first-order valence-corrected chi connectivity index (χ1v) is 26.7. The predicted octanol–water partition coefficient (Wildman–Crippen LogP) is 11.1. The van der Waals surface area contributed by atoms with E-state index in [-0.39, 0.29) is 21.7 Å². The number of fused-ring (bicyclic) bond motifs is 2. The fraction of sp³-hybridized carbons (Fsp3) is 0.246. The second kappa shape index (κ2) is 8.44. The average Bonchev–Trinajstić information content (AvgIpc) is 4.17. The summed E-state index contributed by atoms with van der Waals surface area (Å²) in [5, 5.41) is 20.0. The summed E-state index contributed by atoms with van der Waals surface area (Å²) >= 11 is 0. The Balaban J connectivity index is 1.08. The van der Waals surface area contributed by atoms with Gasteiger partial charge < -0.3 is 0 Å². The van der Waals surface area contributed by atoms with Crippen LogP contribution < -0.4 is 20.9 Å². The molecule has 0 aliphatic heterocycles. The standard InChI is InChI=1S/C69H40/c1-24-11-33-20-66-40-9-10-41-39-18-32-17-31-16-30-15-28-5-6-29-19-42-38-8-7-37(40)47-48(38)63-60-58-55-53-52(49(39)64(57(55)59(60)62(47)66)67(41,66)21-34(33)12-25(24)2)44(32)43(31)50-45(30)51-46(28)61(29)69(65(58)56(51)54(50)53)23-36-14-27(4)26(3)13-35(36)22-68(42,63)69/h7-16,18-19,30,45H,5-6,17,20-23H2,1-4H3. The zero-order chi connectivity index (χ0) is 43.7. The molecule has 8 aromatic rings. The van der Waals surface area contributed by atoms with Gasteiger partial charge in [-0.15, -0.1) is 0 Å². The zero-order valence-corrected chi connectivity index (χ0v) is 39.0. The fourth-order valence-corrected chi connectivity index (χ4v) is 22.6. The summed E-state index contributed by atoms with van der Waals surface area (Å²) in [6.07, 6.45) is 21.8. The maximum atomic E-state index is 2.89. The Bertz CT molecular complexity index is 5070. The molecule has 6 unspecified atom stereocenters. The van der Waals surface area contributed by atoms with Crippen LogP contribution in [0.4, 0.5) is 0 Å². The van der Waals surface area contributed by atoms with E-state index in [1.165, 1.54) is 28.7 Å². The molecule has 24 rings (SSSR count). The van der Waals surface area contributed by atoms with E-state index in [0.717, 1.165) is 38.5 Å². The minimum absolute atomic E-state index is 0.166. The van der Waals surface area contributed by atoms with Gasteiger partial charge in [0.15, 0.2) is 0 Å². The lowest BCUT2D eigenvalue weighted by Gasteiger charge is -2.64. The van der Waals surface area contributed by atoms with Crippen LogP contribution in [0.2, 0.25) is 0 Å². The number of hydrogen-bond donors (Lipinski definition) is 0. The number of rotatable bonds is 0. The fourth-order valence-electron chi connectivity index (χ4n) is 22.6. The lowest BCUT2D eigenvalue weighted by atomic mass is 9.37. The van der Waals surface area contributed by atoms with Crippen molar-refractivity contribution < 1.29 is 0 Å². The number of allylic oxidation sites excluding steroid dienone is 10. The lowest BCUT2D eigenvalue weighted by Crippen LogP contribution is -2.63. The Morgan fingerprint density at radius 2 is 1.00 bits per heavy atom. The van der Waals surface area contributed by atoms with Crippen molar-refractivity contribution in [2.24, 2.45) is 5.92 Å². The maximum Gasteiger partial charge on any atom is 0.0405 e. The van der Waals surface area contributed by atoms with Gasteiger partial charge in [-0.1, -0.05) is 66.8 Å². The molecule has 0 radical (unpaired) electrons. The van der Waals surface area contributed by atoms with Crippen molar-refractivity contribution in [2.45, 2.75) is 100 Å². The van der Waals surface area contributed by atoms with E-state index in [1.54, 1.807) is 192 Å².